The standard InChI is InChI=1S/C6Cl4O2.H2/c7-1-2(8)6(12)4(10)3(9)5(1)11;/h;1H. The summed E-state index contributed by atoms with van der Waals surface area (Å²) in [5.41, 5.74) is 0. The van der Waals surface area contributed by atoms with E-state index in [2.05, 4.69) is 0 Å². The van der Waals surface area contributed by atoms with E-state index in [-0.39, 0.29) is 1.43 Å². The lowest BCUT2D eigenvalue weighted by Crippen LogP contribution is -2.14. The maximum absolute atomic E-state index is 11.0. The van der Waals surface area contributed by atoms with Crippen LogP contribution >= 0.6 is 46.4 Å². The highest BCUT2D eigenvalue weighted by Gasteiger charge is 2.31. The van der Waals surface area contributed by atoms with Crippen molar-refractivity contribution >= 4 is 58.0 Å². The summed E-state index contributed by atoms with van der Waals surface area (Å²) in [6.45, 7) is 0. The maximum Gasteiger partial charge on any atom is 0.219 e. The van der Waals surface area contributed by atoms with Crippen LogP contribution in [0.1, 0.15) is 1.43 Å². The van der Waals surface area contributed by atoms with Gasteiger partial charge in [0, 0.05) is 1.43 Å². The van der Waals surface area contributed by atoms with Gasteiger partial charge in [0.25, 0.3) is 0 Å². The first-order valence-electron chi connectivity index (χ1n) is 2.66. The van der Waals surface area contributed by atoms with Crippen LogP contribution in [0, 0.1) is 0 Å². The molecule has 2 nitrogen and oxygen atoms in total. The summed E-state index contributed by atoms with van der Waals surface area (Å²) in [5, 5.41) is -1.57. The largest absolute Gasteiger partial charge is 0.286 e. The lowest BCUT2D eigenvalue weighted by molar-refractivity contribution is -0.114. The zero-order valence-corrected chi connectivity index (χ0v) is 8.35. The Hall–Kier alpha value is -0.0200. The zero-order chi connectivity index (χ0) is 9.46. The summed E-state index contributed by atoms with van der Waals surface area (Å²) in [5.74, 6) is -1.46. The van der Waals surface area contributed by atoms with Crippen molar-refractivity contribution < 1.29 is 11.0 Å². The number of allylic oxidation sites excluding steroid dienone is 4. The highest BCUT2D eigenvalue weighted by molar-refractivity contribution is 6.69. The number of ketones is 2. The van der Waals surface area contributed by atoms with Crippen LogP contribution in [0.15, 0.2) is 20.1 Å². The van der Waals surface area contributed by atoms with E-state index < -0.39 is 31.7 Å². The minimum atomic E-state index is -0.729. The molecule has 1 aliphatic rings. The Bertz CT molecular complexity index is 283. The van der Waals surface area contributed by atoms with Gasteiger partial charge in [-0.3, -0.25) is 9.59 Å². The van der Waals surface area contributed by atoms with Crippen molar-refractivity contribution in [3.05, 3.63) is 20.1 Å². The Morgan fingerprint density at radius 3 is 1.00 bits per heavy atom. The highest BCUT2D eigenvalue weighted by atomic mass is 35.5. The molecule has 6 heteroatoms. The van der Waals surface area contributed by atoms with E-state index in [4.69, 9.17) is 46.4 Å². The molecule has 0 atom stereocenters. The molecule has 0 bridgehead atoms. The molecule has 0 aliphatic heterocycles. The molecule has 0 saturated heterocycles. The lowest BCUT2D eigenvalue weighted by atomic mass is 10.1. The van der Waals surface area contributed by atoms with Gasteiger partial charge in [0.15, 0.2) is 0 Å². The van der Waals surface area contributed by atoms with Gasteiger partial charge < -0.3 is 0 Å². The van der Waals surface area contributed by atoms with Crippen LogP contribution < -0.4 is 0 Å². The van der Waals surface area contributed by atoms with Gasteiger partial charge in [-0.25, -0.2) is 0 Å². The number of Topliss-reactive ketones (excluding diaryl/α,β-unsaturated/α-hetero) is 2. The smallest absolute Gasteiger partial charge is 0.219 e. The molecule has 0 amide bonds. The first-order chi connectivity index (χ1) is 5.46. The molecule has 0 spiro atoms. The Labute approximate surface area is 89.2 Å². The molecule has 1 aliphatic carbocycles. The van der Waals surface area contributed by atoms with Crippen molar-refractivity contribution in [2.24, 2.45) is 0 Å². The van der Waals surface area contributed by atoms with Gasteiger partial charge in [-0.2, -0.15) is 0 Å². The molecule has 0 heterocycles. The second-order valence-corrected chi connectivity index (χ2v) is 3.43. The number of hydrogen-bond donors (Lipinski definition) is 0. The van der Waals surface area contributed by atoms with Crippen molar-refractivity contribution in [1.82, 2.24) is 0 Å². The van der Waals surface area contributed by atoms with E-state index >= 15 is 0 Å². The summed E-state index contributed by atoms with van der Waals surface area (Å²) in [4.78, 5) is 22.0. The van der Waals surface area contributed by atoms with Crippen LogP contribution in [0.3, 0.4) is 0 Å². The van der Waals surface area contributed by atoms with Crippen LogP contribution in [0.25, 0.3) is 0 Å². The third kappa shape index (κ3) is 1.40. The summed E-state index contributed by atoms with van der Waals surface area (Å²) >= 11 is 21.5. The number of halogens is 4. The first-order valence-corrected chi connectivity index (χ1v) is 4.18. The molecule has 1 rings (SSSR count). The number of carbonyl (C=O) groups is 2. The number of hydrogen-bond acceptors (Lipinski definition) is 2. The fraction of sp³-hybridized carbons (Fsp3) is 0. The Kier molecular flexibility index (Phi) is 2.84. The van der Waals surface area contributed by atoms with Gasteiger partial charge in [0.2, 0.25) is 11.6 Å². The summed E-state index contributed by atoms with van der Waals surface area (Å²) < 4.78 is 0. The molecule has 66 valence electrons. The van der Waals surface area contributed by atoms with Gasteiger partial charge in [-0.15, -0.1) is 0 Å². The van der Waals surface area contributed by atoms with Crippen molar-refractivity contribution in [2.75, 3.05) is 0 Å². The third-order valence-corrected chi connectivity index (χ3v) is 2.82. The Balaban J connectivity index is 0.00000144. The number of carbonyl (C=O) groups excluding carboxylic acids is 2. The van der Waals surface area contributed by atoms with Gasteiger partial charge in [0.1, 0.15) is 20.1 Å². The first kappa shape index (κ1) is 10.1. The average molecular weight is 248 g/mol. The van der Waals surface area contributed by atoms with Crippen molar-refractivity contribution in [2.45, 2.75) is 0 Å². The normalized spacial score (nSPS) is 19.3. The molecule has 0 radical (unpaired) electrons. The minimum absolute atomic E-state index is 0. The fourth-order valence-electron chi connectivity index (χ4n) is 0.591. The molecule has 12 heavy (non-hydrogen) atoms. The Morgan fingerprint density at radius 1 is 0.667 bits per heavy atom. The van der Waals surface area contributed by atoms with Crippen molar-refractivity contribution in [3.63, 3.8) is 0 Å². The Morgan fingerprint density at radius 2 is 0.833 bits per heavy atom. The SMILES string of the molecule is O=C1C(Cl)=C(Cl)C(=O)C(Cl)=C1Cl.[HH]. The average Bonchev–Trinajstić information content (AvgIpc) is 2.08. The van der Waals surface area contributed by atoms with Gasteiger partial charge in [-0.1, -0.05) is 46.4 Å². The predicted molar refractivity (Wildman–Crippen MR) is 49.6 cm³/mol. The van der Waals surface area contributed by atoms with Crippen LogP contribution in [0.2, 0.25) is 0 Å². The van der Waals surface area contributed by atoms with Gasteiger partial charge in [-0.05, 0) is 0 Å². The third-order valence-electron chi connectivity index (χ3n) is 1.18. The molecule has 0 aromatic carbocycles. The summed E-state index contributed by atoms with van der Waals surface area (Å²) in [6, 6.07) is 0. The minimum Gasteiger partial charge on any atom is -0.286 e. The fourth-order valence-corrected chi connectivity index (χ4v) is 1.41. The maximum atomic E-state index is 11.0. The quantitative estimate of drug-likeness (QED) is 0.617. The topological polar surface area (TPSA) is 34.1 Å². The van der Waals surface area contributed by atoms with Crippen LogP contribution in [0.5, 0.6) is 0 Å². The monoisotopic (exact) mass is 246 g/mol. The van der Waals surface area contributed by atoms with E-state index in [9.17, 15) is 9.59 Å². The molecule has 0 fully saturated rings. The van der Waals surface area contributed by atoms with E-state index in [1.807, 2.05) is 0 Å². The highest BCUT2D eigenvalue weighted by Crippen LogP contribution is 2.32. The van der Waals surface area contributed by atoms with E-state index in [0.717, 1.165) is 0 Å². The van der Waals surface area contributed by atoms with Crippen molar-refractivity contribution in [1.29, 1.82) is 0 Å². The lowest BCUT2D eigenvalue weighted by Gasteiger charge is -2.08. The zero-order valence-electron chi connectivity index (χ0n) is 5.33. The predicted octanol–water partition coefficient (Wildman–Crippen LogP) is 2.76. The molecule has 0 unspecified atom stereocenters. The second kappa shape index (κ2) is 3.38. The van der Waals surface area contributed by atoms with Crippen molar-refractivity contribution in [3.8, 4) is 0 Å². The molecule has 0 aromatic rings. The van der Waals surface area contributed by atoms with E-state index in [0.29, 0.717) is 0 Å². The molecule has 0 saturated carbocycles. The van der Waals surface area contributed by atoms with Gasteiger partial charge in [0.05, 0.1) is 0 Å². The van der Waals surface area contributed by atoms with Crippen LogP contribution in [0.4, 0.5) is 0 Å². The summed E-state index contributed by atoms with van der Waals surface area (Å²) in [6.07, 6.45) is 0. The van der Waals surface area contributed by atoms with Gasteiger partial charge >= 0.3 is 0 Å². The second-order valence-electron chi connectivity index (χ2n) is 1.91. The van der Waals surface area contributed by atoms with E-state index in [1.165, 1.54) is 0 Å². The van der Waals surface area contributed by atoms with Crippen LogP contribution in [-0.4, -0.2) is 11.6 Å². The number of rotatable bonds is 0. The molecule has 0 aromatic heterocycles. The van der Waals surface area contributed by atoms with Crippen LogP contribution in [-0.2, 0) is 9.59 Å². The molecular weight excluding hydrogens is 246 g/mol. The molecule has 0 N–H and O–H groups in total. The summed E-state index contributed by atoms with van der Waals surface area (Å²) in [7, 11) is 0. The molecular formula is C6H2Cl4O2. The van der Waals surface area contributed by atoms with E-state index in [1.54, 1.807) is 0 Å².